The molecular formula is C17H18F3N3O2S2. The first-order chi connectivity index (χ1) is 12.6. The van der Waals surface area contributed by atoms with E-state index in [9.17, 15) is 22.8 Å². The van der Waals surface area contributed by atoms with Gasteiger partial charge in [0.15, 0.2) is 5.16 Å². The van der Waals surface area contributed by atoms with E-state index in [4.69, 9.17) is 0 Å². The van der Waals surface area contributed by atoms with Crippen LogP contribution in [0.2, 0.25) is 0 Å². The fraction of sp³-hybridized carbons (Fsp3) is 0.353. The molecule has 27 heavy (non-hydrogen) atoms. The zero-order valence-electron chi connectivity index (χ0n) is 14.6. The number of para-hydroxylation sites is 1. The highest BCUT2D eigenvalue weighted by atomic mass is 32.2. The molecule has 1 aromatic heterocycles. The van der Waals surface area contributed by atoms with E-state index >= 15 is 0 Å². The van der Waals surface area contributed by atoms with Crippen molar-refractivity contribution >= 4 is 35.1 Å². The Labute approximate surface area is 162 Å². The van der Waals surface area contributed by atoms with Crippen molar-refractivity contribution in [1.82, 2.24) is 9.97 Å². The number of hydrogen-bond donors (Lipinski definition) is 2. The van der Waals surface area contributed by atoms with Crippen molar-refractivity contribution in [3.05, 3.63) is 51.9 Å². The number of benzene rings is 1. The Morgan fingerprint density at radius 2 is 2.00 bits per heavy atom. The molecule has 0 aliphatic carbocycles. The standard InChI is InChI=1S/C17H18F3N3O2S2/c1-10(2)26-8-11-7-14(24)23-16(21-11)27-9-15(25)22-13-6-4-3-5-12(13)17(18,19)20/h3-7,10H,8-9H2,1-2H3,(H,22,25)(H,21,23,24). The second-order valence-corrected chi connectivity index (χ2v) is 8.31. The van der Waals surface area contributed by atoms with Crippen LogP contribution in [0, 0.1) is 0 Å². The van der Waals surface area contributed by atoms with Crippen LogP contribution in [0.15, 0.2) is 40.3 Å². The molecule has 2 rings (SSSR count). The summed E-state index contributed by atoms with van der Waals surface area (Å²) < 4.78 is 38.9. The van der Waals surface area contributed by atoms with E-state index in [1.54, 1.807) is 11.8 Å². The lowest BCUT2D eigenvalue weighted by molar-refractivity contribution is -0.137. The van der Waals surface area contributed by atoms with Gasteiger partial charge in [0.1, 0.15) is 0 Å². The van der Waals surface area contributed by atoms with Gasteiger partial charge in [-0.1, -0.05) is 37.7 Å². The average molecular weight is 417 g/mol. The zero-order chi connectivity index (χ0) is 20.0. The Morgan fingerprint density at radius 3 is 2.67 bits per heavy atom. The van der Waals surface area contributed by atoms with Gasteiger partial charge in [0.05, 0.1) is 22.7 Å². The number of nitrogens with zero attached hydrogens (tertiary/aromatic N) is 1. The highest BCUT2D eigenvalue weighted by Crippen LogP contribution is 2.34. The van der Waals surface area contributed by atoms with Crippen LogP contribution in [0.3, 0.4) is 0 Å². The van der Waals surface area contributed by atoms with Crippen molar-refractivity contribution < 1.29 is 18.0 Å². The molecule has 5 nitrogen and oxygen atoms in total. The molecule has 1 heterocycles. The van der Waals surface area contributed by atoms with Crippen LogP contribution in [-0.2, 0) is 16.7 Å². The number of aromatic nitrogens is 2. The first-order valence-electron chi connectivity index (χ1n) is 7.96. The predicted molar refractivity (Wildman–Crippen MR) is 102 cm³/mol. The third-order valence-electron chi connectivity index (χ3n) is 3.18. The Hall–Kier alpha value is -1.94. The number of carbonyl (C=O) groups is 1. The lowest BCUT2D eigenvalue weighted by Crippen LogP contribution is -2.18. The van der Waals surface area contributed by atoms with Crippen molar-refractivity contribution in [3.8, 4) is 0 Å². The number of nitrogens with one attached hydrogen (secondary N) is 2. The van der Waals surface area contributed by atoms with Gasteiger partial charge in [-0.25, -0.2) is 4.98 Å². The third kappa shape index (κ3) is 6.94. The number of amides is 1. The average Bonchev–Trinajstić information content (AvgIpc) is 2.57. The van der Waals surface area contributed by atoms with Crippen molar-refractivity contribution in [2.45, 2.75) is 36.2 Å². The highest BCUT2D eigenvalue weighted by Gasteiger charge is 2.33. The van der Waals surface area contributed by atoms with Gasteiger partial charge in [0.2, 0.25) is 5.91 Å². The van der Waals surface area contributed by atoms with E-state index in [1.807, 2.05) is 13.8 Å². The smallest absolute Gasteiger partial charge is 0.325 e. The molecule has 2 N–H and O–H groups in total. The summed E-state index contributed by atoms with van der Waals surface area (Å²) in [5.74, 6) is -0.253. The van der Waals surface area contributed by atoms with Crippen LogP contribution in [0.1, 0.15) is 25.1 Å². The summed E-state index contributed by atoms with van der Waals surface area (Å²) in [5, 5.41) is 2.88. The molecule has 0 spiro atoms. The molecule has 10 heteroatoms. The summed E-state index contributed by atoms with van der Waals surface area (Å²) in [6.07, 6.45) is -4.56. The number of rotatable bonds is 7. The number of anilines is 1. The topological polar surface area (TPSA) is 74.8 Å². The first-order valence-corrected chi connectivity index (χ1v) is 9.99. The molecule has 0 bridgehead atoms. The van der Waals surface area contributed by atoms with Crippen molar-refractivity contribution in [3.63, 3.8) is 0 Å². The monoisotopic (exact) mass is 417 g/mol. The lowest BCUT2D eigenvalue weighted by atomic mass is 10.1. The minimum atomic E-state index is -4.56. The molecule has 2 aromatic rings. The van der Waals surface area contributed by atoms with Crippen molar-refractivity contribution in [2.75, 3.05) is 11.1 Å². The van der Waals surface area contributed by atoms with Crippen LogP contribution < -0.4 is 10.9 Å². The number of H-pyrrole nitrogens is 1. The summed E-state index contributed by atoms with van der Waals surface area (Å²) in [6.45, 7) is 4.05. The van der Waals surface area contributed by atoms with Gasteiger partial charge >= 0.3 is 6.18 Å². The summed E-state index contributed by atoms with van der Waals surface area (Å²) in [7, 11) is 0. The maximum Gasteiger partial charge on any atom is 0.418 e. The molecule has 0 saturated heterocycles. The quantitative estimate of drug-likeness (QED) is 0.523. The second-order valence-electron chi connectivity index (χ2n) is 5.78. The lowest BCUT2D eigenvalue weighted by Gasteiger charge is -2.13. The number of aromatic amines is 1. The van der Waals surface area contributed by atoms with E-state index in [1.165, 1.54) is 24.3 Å². The molecule has 0 fully saturated rings. The first kappa shape index (κ1) is 21.4. The maximum absolute atomic E-state index is 13.0. The van der Waals surface area contributed by atoms with Gasteiger partial charge in [-0.15, -0.1) is 0 Å². The highest BCUT2D eigenvalue weighted by molar-refractivity contribution is 7.99. The van der Waals surface area contributed by atoms with E-state index in [2.05, 4.69) is 15.3 Å². The molecule has 0 saturated carbocycles. The molecule has 0 radical (unpaired) electrons. The maximum atomic E-state index is 13.0. The van der Waals surface area contributed by atoms with Crippen molar-refractivity contribution in [2.24, 2.45) is 0 Å². The van der Waals surface area contributed by atoms with Crippen LogP contribution in [0.4, 0.5) is 18.9 Å². The SMILES string of the molecule is CC(C)SCc1cc(=O)[nH]c(SCC(=O)Nc2ccccc2C(F)(F)F)n1. The van der Waals surface area contributed by atoms with Crippen LogP contribution >= 0.6 is 23.5 Å². The van der Waals surface area contributed by atoms with Crippen LogP contribution in [-0.4, -0.2) is 26.9 Å². The molecule has 0 aliphatic heterocycles. The Balaban J connectivity index is 2.01. The summed E-state index contributed by atoms with van der Waals surface area (Å²) in [5.41, 5.74) is -0.973. The minimum Gasteiger partial charge on any atom is -0.325 e. The predicted octanol–water partition coefficient (Wildman–Crippen LogP) is 4.16. The van der Waals surface area contributed by atoms with Gasteiger partial charge in [-0.2, -0.15) is 24.9 Å². The van der Waals surface area contributed by atoms with Gasteiger partial charge in [0, 0.05) is 11.8 Å². The number of carbonyl (C=O) groups excluding carboxylic acids is 1. The molecule has 1 aromatic carbocycles. The molecule has 0 aliphatic rings. The normalized spacial score (nSPS) is 11.6. The fourth-order valence-electron chi connectivity index (χ4n) is 2.04. The van der Waals surface area contributed by atoms with E-state index in [-0.39, 0.29) is 22.2 Å². The van der Waals surface area contributed by atoms with Gasteiger partial charge in [0.25, 0.3) is 5.56 Å². The molecule has 1 amide bonds. The van der Waals surface area contributed by atoms with Gasteiger partial charge < -0.3 is 10.3 Å². The van der Waals surface area contributed by atoms with Crippen LogP contribution in [0.5, 0.6) is 0 Å². The molecule has 146 valence electrons. The van der Waals surface area contributed by atoms with Crippen molar-refractivity contribution in [1.29, 1.82) is 0 Å². The molecule has 0 atom stereocenters. The number of hydrogen-bond acceptors (Lipinski definition) is 5. The number of thioether (sulfide) groups is 2. The van der Waals surface area contributed by atoms with Gasteiger partial charge in [-0.3, -0.25) is 9.59 Å². The summed E-state index contributed by atoms with van der Waals surface area (Å²) in [4.78, 5) is 30.5. The zero-order valence-corrected chi connectivity index (χ0v) is 16.2. The Kier molecular flexibility index (Phi) is 7.37. The molecule has 0 unspecified atom stereocenters. The third-order valence-corrected chi connectivity index (χ3v) is 5.19. The van der Waals surface area contributed by atoms with Gasteiger partial charge in [-0.05, 0) is 17.4 Å². The fourth-order valence-corrected chi connectivity index (χ4v) is 3.38. The Bertz CT molecular complexity index is 854. The van der Waals surface area contributed by atoms with E-state index < -0.39 is 17.6 Å². The second kappa shape index (κ2) is 9.32. The largest absolute Gasteiger partial charge is 0.418 e. The Morgan fingerprint density at radius 1 is 1.30 bits per heavy atom. The minimum absolute atomic E-state index is 0.185. The summed E-state index contributed by atoms with van der Waals surface area (Å²) in [6, 6.07) is 6.14. The number of halogens is 3. The van der Waals surface area contributed by atoms with E-state index in [0.717, 1.165) is 17.8 Å². The van der Waals surface area contributed by atoms with Crippen LogP contribution in [0.25, 0.3) is 0 Å². The summed E-state index contributed by atoms with van der Waals surface area (Å²) >= 11 is 2.58. The number of alkyl halides is 3. The molecular weight excluding hydrogens is 399 g/mol. The van der Waals surface area contributed by atoms with E-state index in [0.29, 0.717) is 16.7 Å².